The van der Waals surface area contributed by atoms with E-state index in [4.69, 9.17) is 4.74 Å². The van der Waals surface area contributed by atoms with Crippen LogP contribution in [0.3, 0.4) is 0 Å². The Labute approximate surface area is 120 Å². The molecule has 0 atom stereocenters. The van der Waals surface area contributed by atoms with Crippen LogP contribution in [0.1, 0.15) is 0 Å². The van der Waals surface area contributed by atoms with Gasteiger partial charge in [-0.1, -0.05) is 6.07 Å². The topological polar surface area (TPSA) is 50.4 Å². The number of amides is 2. The average molecular weight is 292 g/mol. The number of nitrogens with one attached hydrogen (secondary N) is 2. The summed E-state index contributed by atoms with van der Waals surface area (Å²) in [6.07, 6.45) is 0. The zero-order valence-electron chi connectivity index (χ0n) is 11.1. The van der Waals surface area contributed by atoms with Crippen molar-refractivity contribution in [1.82, 2.24) is 5.32 Å². The predicted octanol–water partition coefficient (Wildman–Crippen LogP) is 3.17. The monoisotopic (exact) mass is 292 g/mol. The highest BCUT2D eigenvalue weighted by atomic mass is 19.1. The molecule has 2 N–H and O–H groups in total. The molecule has 0 aliphatic rings. The summed E-state index contributed by atoms with van der Waals surface area (Å²) in [5.41, 5.74) is 0.486. The lowest BCUT2D eigenvalue weighted by atomic mass is 10.3. The summed E-state index contributed by atoms with van der Waals surface area (Å²) in [6.45, 7) is 0.462. The lowest BCUT2D eigenvalue weighted by molar-refractivity contribution is 0.247. The van der Waals surface area contributed by atoms with Crippen LogP contribution in [0, 0.1) is 11.6 Å². The summed E-state index contributed by atoms with van der Waals surface area (Å²) >= 11 is 0. The Kier molecular flexibility index (Phi) is 5.09. The molecule has 0 fully saturated rings. The predicted molar refractivity (Wildman–Crippen MR) is 75.3 cm³/mol. The second-order valence-electron chi connectivity index (χ2n) is 4.19. The summed E-state index contributed by atoms with van der Waals surface area (Å²) in [5, 5.41) is 5.11. The fraction of sp³-hybridized carbons (Fsp3) is 0.133. The van der Waals surface area contributed by atoms with Crippen molar-refractivity contribution in [2.75, 3.05) is 18.5 Å². The molecule has 0 unspecified atom stereocenters. The number of hydrogen-bond donors (Lipinski definition) is 2. The number of carbonyl (C=O) groups excluding carboxylic acids is 1. The maximum Gasteiger partial charge on any atom is 0.319 e. The van der Waals surface area contributed by atoms with Crippen LogP contribution in [0.4, 0.5) is 19.3 Å². The molecule has 0 radical (unpaired) electrons. The van der Waals surface area contributed by atoms with Crippen LogP contribution in [0.15, 0.2) is 48.5 Å². The molecule has 0 saturated heterocycles. The number of rotatable bonds is 5. The van der Waals surface area contributed by atoms with E-state index in [-0.39, 0.29) is 24.8 Å². The van der Waals surface area contributed by atoms with Gasteiger partial charge in [-0.15, -0.1) is 0 Å². The molecule has 0 heterocycles. The van der Waals surface area contributed by atoms with Crippen LogP contribution < -0.4 is 15.4 Å². The molecule has 21 heavy (non-hydrogen) atoms. The summed E-state index contributed by atoms with van der Waals surface area (Å²) in [6, 6.07) is 10.7. The minimum atomic E-state index is -0.426. The minimum Gasteiger partial charge on any atom is -0.492 e. The molecule has 4 nitrogen and oxygen atoms in total. The van der Waals surface area contributed by atoms with Gasteiger partial charge in [0.25, 0.3) is 0 Å². The van der Waals surface area contributed by atoms with E-state index < -0.39 is 6.03 Å². The first-order valence-corrected chi connectivity index (χ1v) is 6.32. The van der Waals surface area contributed by atoms with E-state index in [2.05, 4.69) is 10.6 Å². The van der Waals surface area contributed by atoms with Crippen LogP contribution >= 0.6 is 0 Å². The van der Waals surface area contributed by atoms with Crippen LogP contribution in [0.25, 0.3) is 0 Å². The van der Waals surface area contributed by atoms with Crippen molar-refractivity contribution >= 4 is 11.7 Å². The van der Waals surface area contributed by atoms with Gasteiger partial charge in [0.05, 0.1) is 6.54 Å². The Morgan fingerprint density at radius 1 is 1.05 bits per heavy atom. The van der Waals surface area contributed by atoms with E-state index >= 15 is 0 Å². The smallest absolute Gasteiger partial charge is 0.319 e. The molecule has 6 heteroatoms. The highest BCUT2D eigenvalue weighted by molar-refractivity contribution is 5.89. The van der Waals surface area contributed by atoms with Gasteiger partial charge >= 0.3 is 6.03 Å². The maximum absolute atomic E-state index is 12.9. The molecule has 110 valence electrons. The fourth-order valence-corrected chi connectivity index (χ4v) is 1.60. The minimum absolute atomic E-state index is 0.209. The highest BCUT2D eigenvalue weighted by Crippen LogP contribution is 2.11. The maximum atomic E-state index is 12.9. The second kappa shape index (κ2) is 7.23. The molecule has 0 bridgehead atoms. The van der Waals surface area contributed by atoms with Gasteiger partial charge in [0, 0.05) is 11.8 Å². The molecular formula is C15H14F2N2O2. The van der Waals surface area contributed by atoms with Gasteiger partial charge in [-0.3, -0.25) is 0 Å². The summed E-state index contributed by atoms with van der Waals surface area (Å²) in [5.74, 6) is -0.352. The quantitative estimate of drug-likeness (QED) is 0.832. The van der Waals surface area contributed by atoms with E-state index in [0.717, 1.165) is 0 Å². The van der Waals surface area contributed by atoms with E-state index in [9.17, 15) is 13.6 Å². The Hall–Kier alpha value is -2.63. The summed E-state index contributed by atoms with van der Waals surface area (Å²) in [7, 11) is 0. The summed E-state index contributed by atoms with van der Waals surface area (Å²) in [4.78, 5) is 11.5. The van der Waals surface area contributed by atoms with Crippen molar-refractivity contribution in [3.63, 3.8) is 0 Å². The van der Waals surface area contributed by atoms with Gasteiger partial charge in [0.1, 0.15) is 24.0 Å². The number of benzene rings is 2. The number of anilines is 1. The lowest BCUT2D eigenvalue weighted by Gasteiger charge is -2.09. The Balaban J connectivity index is 1.68. The molecule has 2 aromatic carbocycles. The zero-order valence-corrected chi connectivity index (χ0v) is 11.1. The first kappa shape index (κ1) is 14.8. The molecule has 0 spiro atoms. The molecule has 0 saturated carbocycles. The van der Waals surface area contributed by atoms with Gasteiger partial charge < -0.3 is 15.4 Å². The van der Waals surface area contributed by atoms with Crippen molar-refractivity contribution in [3.8, 4) is 5.75 Å². The van der Waals surface area contributed by atoms with E-state index in [1.807, 2.05) is 0 Å². The van der Waals surface area contributed by atoms with E-state index in [1.165, 1.54) is 36.4 Å². The van der Waals surface area contributed by atoms with E-state index in [1.54, 1.807) is 12.1 Å². The molecule has 0 aliphatic carbocycles. The molecule has 2 aromatic rings. The van der Waals surface area contributed by atoms with Crippen molar-refractivity contribution < 1.29 is 18.3 Å². The Morgan fingerprint density at radius 3 is 2.52 bits per heavy atom. The normalized spacial score (nSPS) is 10.0. The van der Waals surface area contributed by atoms with Crippen molar-refractivity contribution in [2.45, 2.75) is 0 Å². The van der Waals surface area contributed by atoms with Crippen molar-refractivity contribution in [3.05, 3.63) is 60.2 Å². The van der Waals surface area contributed by atoms with Gasteiger partial charge in [-0.25, -0.2) is 13.6 Å². The molecule has 2 amide bonds. The van der Waals surface area contributed by atoms with Gasteiger partial charge in [0.15, 0.2) is 0 Å². The van der Waals surface area contributed by atoms with Crippen LogP contribution in [-0.4, -0.2) is 19.2 Å². The third-order valence-corrected chi connectivity index (χ3v) is 2.55. The fourth-order valence-electron chi connectivity index (χ4n) is 1.60. The second-order valence-corrected chi connectivity index (χ2v) is 4.19. The van der Waals surface area contributed by atoms with Gasteiger partial charge in [-0.2, -0.15) is 0 Å². The number of urea groups is 1. The van der Waals surface area contributed by atoms with Gasteiger partial charge in [0.2, 0.25) is 0 Å². The third-order valence-electron chi connectivity index (χ3n) is 2.55. The number of carbonyl (C=O) groups is 1. The number of ether oxygens (including phenoxy) is 1. The first-order chi connectivity index (χ1) is 10.1. The van der Waals surface area contributed by atoms with Crippen molar-refractivity contribution in [1.29, 1.82) is 0 Å². The molecule has 2 rings (SSSR count). The summed E-state index contributed by atoms with van der Waals surface area (Å²) < 4.78 is 30.9. The zero-order chi connectivity index (χ0) is 15.1. The Bertz CT molecular complexity index is 603. The molecule has 0 aliphatic heterocycles. The highest BCUT2D eigenvalue weighted by Gasteiger charge is 2.01. The Morgan fingerprint density at radius 2 is 1.81 bits per heavy atom. The standard InChI is InChI=1S/C15H14F2N2O2/c16-11-4-6-13(7-5-11)19-15(20)18-8-9-21-14-3-1-2-12(17)10-14/h1-7,10H,8-9H2,(H2,18,19,20). The SMILES string of the molecule is O=C(NCCOc1cccc(F)c1)Nc1ccc(F)cc1. The third kappa shape index (κ3) is 5.10. The first-order valence-electron chi connectivity index (χ1n) is 6.32. The number of hydrogen-bond acceptors (Lipinski definition) is 2. The average Bonchev–Trinajstić information content (AvgIpc) is 2.46. The van der Waals surface area contributed by atoms with Crippen LogP contribution in [-0.2, 0) is 0 Å². The molecular weight excluding hydrogens is 278 g/mol. The van der Waals surface area contributed by atoms with Crippen LogP contribution in [0.5, 0.6) is 5.75 Å². The van der Waals surface area contributed by atoms with Crippen LogP contribution in [0.2, 0.25) is 0 Å². The largest absolute Gasteiger partial charge is 0.492 e. The van der Waals surface area contributed by atoms with E-state index in [0.29, 0.717) is 11.4 Å². The number of halogens is 2. The van der Waals surface area contributed by atoms with Gasteiger partial charge in [-0.05, 0) is 36.4 Å². The molecule has 0 aromatic heterocycles. The lowest BCUT2D eigenvalue weighted by Crippen LogP contribution is -2.32. The van der Waals surface area contributed by atoms with Crippen molar-refractivity contribution in [2.24, 2.45) is 0 Å².